The van der Waals surface area contributed by atoms with Gasteiger partial charge in [-0.15, -0.1) is 0 Å². The first-order valence-corrected chi connectivity index (χ1v) is 11.8. The molecule has 1 aromatic carbocycles. The van der Waals surface area contributed by atoms with E-state index in [0.717, 1.165) is 12.0 Å². The van der Waals surface area contributed by atoms with Crippen molar-refractivity contribution in [1.29, 1.82) is 0 Å². The zero-order chi connectivity index (χ0) is 25.6. The molecule has 0 aliphatic rings. The van der Waals surface area contributed by atoms with Crippen LogP contribution in [-0.4, -0.2) is 75.0 Å². The quantitative estimate of drug-likeness (QED) is 0.199. The van der Waals surface area contributed by atoms with E-state index in [0.29, 0.717) is 58.9 Å². The largest absolute Gasteiger partial charge is 0.481 e. The number of unbranched alkanes of at least 4 members (excludes halogenated alkanes) is 2. The molecule has 1 aromatic rings. The lowest BCUT2D eigenvalue weighted by Gasteiger charge is -2.09. The van der Waals surface area contributed by atoms with Gasteiger partial charge in [0.2, 0.25) is 11.8 Å². The van der Waals surface area contributed by atoms with Gasteiger partial charge in [0.25, 0.3) is 0 Å². The molecule has 0 fully saturated rings. The average molecular weight is 496 g/mol. The summed E-state index contributed by atoms with van der Waals surface area (Å²) in [6.45, 7) is 2.69. The zero-order valence-electron chi connectivity index (χ0n) is 20.1. The van der Waals surface area contributed by atoms with Crippen LogP contribution >= 0.6 is 0 Å². The predicted molar refractivity (Wildman–Crippen MR) is 128 cm³/mol. The second-order valence-electron chi connectivity index (χ2n) is 7.62. The van der Waals surface area contributed by atoms with Crippen LogP contribution in [0.3, 0.4) is 0 Å². The lowest BCUT2D eigenvalue weighted by atomic mass is 10.2. The van der Waals surface area contributed by atoms with Gasteiger partial charge in [-0.3, -0.25) is 14.4 Å². The Morgan fingerprint density at radius 3 is 1.91 bits per heavy atom. The SMILES string of the molecule is O=C(O)CCCCCNC(=O)CCC(=O)NCCOCCOCCNC(=O)OCc1ccccc1. The Balaban J connectivity index is 1.84. The summed E-state index contributed by atoms with van der Waals surface area (Å²) in [6, 6.07) is 9.39. The summed E-state index contributed by atoms with van der Waals surface area (Å²) >= 11 is 0. The third-order valence-corrected chi connectivity index (χ3v) is 4.64. The molecular weight excluding hydrogens is 458 g/mol. The predicted octanol–water partition coefficient (Wildman–Crippen LogP) is 1.60. The molecule has 0 bridgehead atoms. The molecule has 0 unspecified atom stereocenters. The molecular formula is C24H37N3O8. The molecule has 0 atom stereocenters. The highest BCUT2D eigenvalue weighted by molar-refractivity contribution is 5.83. The Morgan fingerprint density at radius 2 is 1.29 bits per heavy atom. The second kappa shape index (κ2) is 20.2. The van der Waals surface area contributed by atoms with Gasteiger partial charge in [0.05, 0.1) is 26.4 Å². The van der Waals surface area contributed by atoms with Crippen LogP contribution in [-0.2, 0) is 35.2 Å². The smallest absolute Gasteiger partial charge is 0.407 e. The van der Waals surface area contributed by atoms with E-state index in [1.54, 1.807) is 0 Å². The fourth-order valence-electron chi connectivity index (χ4n) is 2.79. The van der Waals surface area contributed by atoms with Crippen molar-refractivity contribution in [3.05, 3.63) is 35.9 Å². The van der Waals surface area contributed by atoms with Crippen molar-refractivity contribution in [1.82, 2.24) is 16.0 Å². The summed E-state index contributed by atoms with van der Waals surface area (Å²) in [6.07, 6.45) is 1.86. The van der Waals surface area contributed by atoms with E-state index in [-0.39, 0.29) is 37.7 Å². The van der Waals surface area contributed by atoms with Gasteiger partial charge < -0.3 is 35.3 Å². The normalized spacial score (nSPS) is 10.4. The molecule has 35 heavy (non-hydrogen) atoms. The molecule has 0 radical (unpaired) electrons. The fraction of sp³-hybridized carbons (Fsp3) is 0.583. The van der Waals surface area contributed by atoms with Crippen molar-refractivity contribution in [2.24, 2.45) is 0 Å². The molecule has 3 amide bonds. The fourth-order valence-corrected chi connectivity index (χ4v) is 2.79. The van der Waals surface area contributed by atoms with Gasteiger partial charge in [-0.2, -0.15) is 0 Å². The Labute approximate surface area is 205 Å². The number of benzene rings is 1. The third kappa shape index (κ3) is 18.9. The van der Waals surface area contributed by atoms with Crippen LogP contribution in [0, 0.1) is 0 Å². The molecule has 11 heteroatoms. The zero-order valence-corrected chi connectivity index (χ0v) is 20.1. The number of carboxylic acids is 1. The Bertz CT molecular complexity index is 746. The molecule has 0 saturated heterocycles. The molecule has 196 valence electrons. The van der Waals surface area contributed by atoms with E-state index in [9.17, 15) is 19.2 Å². The number of rotatable bonds is 20. The minimum absolute atomic E-state index is 0.0920. The van der Waals surface area contributed by atoms with Gasteiger partial charge in [-0.1, -0.05) is 36.8 Å². The third-order valence-electron chi connectivity index (χ3n) is 4.64. The number of hydrogen-bond acceptors (Lipinski definition) is 7. The van der Waals surface area contributed by atoms with Gasteiger partial charge in [0, 0.05) is 38.9 Å². The number of ether oxygens (including phenoxy) is 3. The summed E-state index contributed by atoms with van der Waals surface area (Å²) in [5.41, 5.74) is 0.913. The topological polar surface area (TPSA) is 152 Å². The number of carboxylic acid groups (broad SMARTS) is 1. The maximum atomic E-state index is 11.7. The monoisotopic (exact) mass is 495 g/mol. The highest BCUT2D eigenvalue weighted by Crippen LogP contribution is 2.00. The number of amides is 3. The van der Waals surface area contributed by atoms with Crippen LogP contribution in [0.25, 0.3) is 0 Å². The number of hydrogen-bond donors (Lipinski definition) is 4. The highest BCUT2D eigenvalue weighted by Gasteiger charge is 2.06. The number of carbonyl (C=O) groups is 4. The van der Waals surface area contributed by atoms with Crippen LogP contribution in [0.5, 0.6) is 0 Å². The molecule has 0 aliphatic carbocycles. The van der Waals surface area contributed by atoms with Crippen LogP contribution < -0.4 is 16.0 Å². The molecule has 0 heterocycles. The lowest BCUT2D eigenvalue weighted by Crippen LogP contribution is -2.30. The summed E-state index contributed by atoms with van der Waals surface area (Å²) in [5.74, 6) is -1.25. The van der Waals surface area contributed by atoms with Gasteiger partial charge >= 0.3 is 12.1 Å². The van der Waals surface area contributed by atoms with E-state index >= 15 is 0 Å². The van der Waals surface area contributed by atoms with Crippen molar-refractivity contribution in [3.8, 4) is 0 Å². The van der Waals surface area contributed by atoms with E-state index in [1.165, 1.54) is 0 Å². The van der Waals surface area contributed by atoms with E-state index in [4.69, 9.17) is 19.3 Å². The summed E-state index contributed by atoms with van der Waals surface area (Å²) < 4.78 is 15.8. The van der Waals surface area contributed by atoms with Gasteiger partial charge in [-0.25, -0.2) is 4.79 Å². The van der Waals surface area contributed by atoms with Crippen LogP contribution in [0.2, 0.25) is 0 Å². The number of carbonyl (C=O) groups excluding carboxylic acids is 3. The number of nitrogens with one attached hydrogen (secondary N) is 3. The Morgan fingerprint density at radius 1 is 0.686 bits per heavy atom. The van der Waals surface area contributed by atoms with Crippen molar-refractivity contribution in [2.75, 3.05) is 46.1 Å². The van der Waals surface area contributed by atoms with Crippen molar-refractivity contribution in [2.45, 2.75) is 45.1 Å². The standard InChI is InChI=1S/C24H37N3O8/c28-21(25-12-6-2-5-9-23(30)31)10-11-22(29)26-13-15-33-17-18-34-16-14-27-24(32)35-19-20-7-3-1-4-8-20/h1,3-4,7-8H,2,5-6,9-19H2,(H,25,28)(H,26,29)(H,27,32)(H,30,31). The molecule has 11 nitrogen and oxygen atoms in total. The Kier molecular flexibility index (Phi) is 17.2. The van der Waals surface area contributed by atoms with Crippen molar-refractivity contribution < 1.29 is 38.5 Å². The molecule has 0 saturated carbocycles. The van der Waals surface area contributed by atoms with Crippen LogP contribution in [0.4, 0.5) is 4.79 Å². The first-order chi connectivity index (χ1) is 17.0. The first kappa shape index (κ1) is 29.9. The van der Waals surface area contributed by atoms with Crippen molar-refractivity contribution in [3.63, 3.8) is 0 Å². The maximum Gasteiger partial charge on any atom is 0.407 e. The van der Waals surface area contributed by atoms with Gasteiger partial charge in [0.15, 0.2) is 0 Å². The Hall–Kier alpha value is -3.18. The molecule has 4 N–H and O–H groups in total. The van der Waals surface area contributed by atoms with E-state index < -0.39 is 12.1 Å². The minimum atomic E-state index is -0.817. The summed E-state index contributed by atoms with van der Waals surface area (Å²) in [7, 11) is 0. The van der Waals surface area contributed by atoms with E-state index in [2.05, 4.69) is 16.0 Å². The van der Waals surface area contributed by atoms with Crippen LogP contribution in [0.1, 0.15) is 44.1 Å². The van der Waals surface area contributed by atoms with Crippen molar-refractivity contribution >= 4 is 23.9 Å². The lowest BCUT2D eigenvalue weighted by molar-refractivity contribution is -0.137. The maximum absolute atomic E-state index is 11.7. The van der Waals surface area contributed by atoms with E-state index in [1.807, 2.05) is 30.3 Å². The second-order valence-corrected chi connectivity index (χ2v) is 7.62. The number of aliphatic carboxylic acids is 1. The first-order valence-electron chi connectivity index (χ1n) is 11.8. The van der Waals surface area contributed by atoms with Crippen LogP contribution in [0.15, 0.2) is 30.3 Å². The summed E-state index contributed by atoms with van der Waals surface area (Å²) in [5, 5.41) is 16.5. The minimum Gasteiger partial charge on any atom is -0.481 e. The number of alkyl carbamates (subject to hydrolysis) is 1. The van der Waals surface area contributed by atoms with Gasteiger partial charge in [0.1, 0.15) is 6.61 Å². The van der Waals surface area contributed by atoms with Gasteiger partial charge in [-0.05, 0) is 18.4 Å². The molecule has 0 aliphatic heterocycles. The molecule has 0 aromatic heterocycles. The highest BCUT2D eigenvalue weighted by atomic mass is 16.5. The summed E-state index contributed by atoms with van der Waals surface area (Å²) in [4.78, 5) is 45.4. The average Bonchev–Trinajstić information content (AvgIpc) is 2.85. The molecule has 0 spiro atoms. The molecule has 1 rings (SSSR count).